The van der Waals surface area contributed by atoms with E-state index in [1.165, 1.54) is 11.0 Å². The highest BCUT2D eigenvalue weighted by molar-refractivity contribution is 5.92. The minimum Gasteiger partial charge on any atom is -0.444 e. The van der Waals surface area contributed by atoms with Crippen molar-refractivity contribution in [3.05, 3.63) is 72.1 Å². The second kappa shape index (κ2) is 6.69. The van der Waals surface area contributed by atoms with E-state index in [1.54, 1.807) is 54.6 Å². The van der Waals surface area contributed by atoms with Gasteiger partial charge in [-0.2, -0.15) is 0 Å². The quantitative estimate of drug-likeness (QED) is 0.702. The summed E-state index contributed by atoms with van der Waals surface area (Å²) in [5.74, 6) is -1.38. The van der Waals surface area contributed by atoms with Crippen molar-refractivity contribution in [3.8, 4) is 5.69 Å². The second-order valence-corrected chi connectivity index (χ2v) is 4.90. The lowest BCUT2D eigenvalue weighted by molar-refractivity contribution is -0.127. The summed E-state index contributed by atoms with van der Waals surface area (Å²) in [5.41, 5.74) is 6.83. The molecule has 1 amide bonds. The van der Waals surface area contributed by atoms with E-state index in [0.29, 0.717) is 11.3 Å². The van der Waals surface area contributed by atoms with E-state index in [4.69, 9.17) is 10.5 Å². The lowest BCUT2D eigenvalue weighted by Gasteiger charge is -2.15. The maximum absolute atomic E-state index is 12.3. The Hall–Kier alpha value is -3.55. The minimum absolute atomic E-state index is 0.286. The van der Waals surface area contributed by atoms with E-state index < -0.39 is 18.0 Å². The molecule has 1 heterocycles. The standard InChI is InChI=1S/C16H13N5O3/c17-15(22)14(11-4-2-1-3-5-11)24-16(23)12-6-8-13(9-7-12)21-10-18-19-20-21/h1-10,14H,(H2,17,22). The zero-order valence-corrected chi connectivity index (χ0v) is 12.4. The number of tetrazole rings is 1. The van der Waals surface area contributed by atoms with Crippen LogP contribution in [0.1, 0.15) is 22.0 Å². The number of primary amides is 1. The molecule has 0 spiro atoms. The molecule has 0 aliphatic heterocycles. The van der Waals surface area contributed by atoms with Gasteiger partial charge in [0, 0.05) is 5.56 Å². The van der Waals surface area contributed by atoms with E-state index in [0.717, 1.165) is 0 Å². The highest BCUT2D eigenvalue weighted by Gasteiger charge is 2.23. The zero-order valence-electron chi connectivity index (χ0n) is 12.4. The summed E-state index contributed by atoms with van der Waals surface area (Å²) in [4.78, 5) is 23.8. The molecule has 24 heavy (non-hydrogen) atoms. The van der Waals surface area contributed by atoms with Gasteiger partial charge < -0.3 is 10.5 Å². The van der Waals surface area contributed by atoms with Gasteiger partial charge in [0.2, 0.25) is 6.10 Å². The third-order valence-corrected chi connectivity index (χ3v) is 3.30. The normalized spacial score (nSPS) is 11.7. The molecule has 8 heteroatoms. The molecule has 0 radical (unpaired) electrons. The van der Waals surface area contributed by atoms with Crippen LogP contribution in [0.2, 0.25) is 0 Å². The van der Waals surface area contributed by atoms with Gasteiger partial charge >= 0.3 is 5.97 Å². The van der Waals surface area contributed by atoms with Crippen molar-refractivity contribution < 1.29 is 14.3 Å². The number of ether oxygens (including phenoxy) is 1. The predicted molar refractivity (Wildman–Crippen MR) is 82.9 cm³/mol. The number of rotatable bonds is 5. The topological polar surface area (TPSA) is 113 Å². The van der Waals surface area contributed by atoms with Crippen LogP contribution in [0.4, 0.5) is 0 Å². The molecule has 1 unspecified atom stereocenters. The summed E-state index contributed by atoms with van der Waals surface area (Å²) in [6.07, 6.45) is 0.296. The first-order valence-corrected chi connectivity index (χ1v) is 7.04. The van der Waals surface area contributed by atoms with Gasteiger partial charge in [0.05, 0.1) is 11.3 Å². The molecule has 120 valence electrons. The number of esters is 1. The molecule has 0 saturated carbocycles. The Morgan fingerprint density at radius 2 is 1.75 bits per heavy atom. The maximum atomic E-state index is 12.3. The van der Waals surface area contributed by atoms with Crippen LogP contribution in [0.15, 0.2) is 60.9 Å². The van der Waals surface area contributed by atoms with Gasteiger partial charge in [0.25, 0.3) is 5.91 Å². The number of nitrogens with two attached hydrogens (primary N) is 1. The Bertz CT molecular complexity index is 832. The highest BCUT2D eigenvalue weighted by Crippen LogP contribution is 2.19. The SMILES string of the molecule is NC(=O)C(OC(=O)c1ccc(-n2cnnn2)cc1)c1ccccc1. The number of nitrogens with zero attached hydrogens (tertiary/aromatic N) is 4. The molecule has 8 nitrogen and oxygen atoms in total. The Labute approximate surface area is 136 Å². The van der Waals surface area contributed by atoms with Crippen molar-refractivity contribution in [2.45, 2.75) is 6.10 Å². The van der Waals surface area contributed by atoms with Gasteiger partial charge in [-0.15, -0.1) is 5.10 Å². The molecule has 2 N–H and O–H groups in total. The van der Waals surface area contributed by atoms with Crippen molar-refractivity contribution in [1.29, 1.82) is 0 Å². The van der Waals surface area contributed by atoms with Gasteiger partial charge in [-0.3, -0.25) is 4.79 Å². The number of aromatic nitrogens is 4. The summed E-state index contributed by atoms with van der Waals surface area (Å²) in [6.45, 7) is 0. The molecule has 0 aliphatic rings. The molecule has 0 aliphatic carbocycles. The monoisotopic (exact) mass is 323 g/mol. The largest absolute Gasteiger partial charge is 0.444 e. The van der Waals surface area contributed by atoms with Crippen LogP contribution >= 0.6 is 0 Å². The van der Waals surface area contributed by atoms with E-state index in [9.17, 15) is 9.59 Å². The Kier molecular flexibility index (Phi) is 4.28. The van der Waals surface area contributed by atoms with Crippen LogP contribution in [-0.2, 0) is 9.53 Å². The van der Waals surface area contributed by atoms with E-state index in [2.05, 4.69) is 15.5 Å². The molecule has 0 bridgehead atoms. The van der Waals surface area contributed by atoms with Gasteiger partial charge in [0.1, 0.15) is 6.33 Å². The third kappa shape index (κ3) is 3.27. The fourth-order valence-electron chi connectivity index (χ4n) is 2.12. The fourth-order valence-corrected chi connectivity index (χ4v) is 2.12. The average Bonchev–Trinajstić information content (AvgIpc) is 3.15. The highest BCUT2D eigenvalue weighted by atomic mass is 16.5. The predicted octanol–water partition coefficient (Wildman–Crippen LogP) is 1.05. The molecule has 0 fully saturated rings. The van der Waals surface area contributed by atoms with Crippen LogP contribution in [-0.4, -0.2) is 32.1 Å². The Balaban J connectivity index is 1.77. The van der Waals surface area contributed by atoms with Crippen molar-refractivity contribution >= 4 is 11.9 Å². The number of carbonyl (C=O) groups is 2. The number of benzene rings is 2. The molecule has 3 rings (SSSR count). The van der Waals surface area contributed by atoms with Crippen LogP contribution in [0.25, 0.3) is 5.69 Å². The van der Waals surface area contributed by atoms with Gasteiger partial charge in [-0.05, 0) is 34.7 Å². The van der Waals surface area contributed by atoms with Crippen LogP contribution in [0.5, 0.6) is 0 Å². The first-order valence-electron chi connectivity index (χ1n) is 7.04. The van der Waals surface area contributed by atoms with Crippen LogP contribution in [0.3, 0.4) is 0 Å². The summed E-state index contributed by atoms with van der Waals surface area (Å²) < 4.78 is 6.70. The fraction of sp³-hybridized carbons (Fsp3) is 0.0625. The lowest BCUT2D eigenvalue weighted by Crippen LogP contribution is -2.26. The summed E-state index contributed by atoms with van der Waals surface area (Å²) >= 11 is 0. The maximum Gasteiger partial charge on any atom is 0.339 e. The van der Waals surface area contributed by atoms with E-state index in [1.807, 2.05) is 0 Å². The lowest BCUT2D eigenvalue weighted by atomic mass is 10.1. The van der Waals surface area contributed by atoms with Gasteiger partial charge in [-0.1, -0.05) is 30.3 Å². The van der Waals surface area contributed by atoms with Crippen LogP contribution < -0.4 is 5.73 Å². The Morgan fingerprint density at radius 3 is 2.33 bits per heavy atom. The first kappa shape index (κ1) is 15.3. The second-order valence-electron chi connectivity index (χ2n) is 4.90. The first-order chi connectivity index (χ1) is 11.6. The molecular weight excluding hydrogens is 310 g/mol. The summed E-state index contributed by atoms with van der Waals surface area (Å²) in [6, 6.07) is 15.0. The van der Waals surface area contributed by atoms with E-state index in [-0.39, 0.29) is 5.56 Å². The molecule has 2 aromatic carbocycles. The van der Waals surface area contributed by atoms with Crippen molar-refractivity contribution in [3.63, 3.8) is 0 Å². The molecule has 3 aromatic rings. The molecule has 1 aromatic heterocycles. The number of amides is 1. The van der Waals surface area contributed by atoms with Crippen molar-refractivity contribution in [2.75, 3.05) is 0 Å². The number of hydrogen-bond donors (Lipinski definition) is 1. The molecule has 1 atom stereocenters. The smallest absolute Gasteiger partial charge is 0.339 e. The zero-order chi connectivity index (χ0) is 16.9. The summed E-state index contributed by atoms with van der Waals surface area (Å²) in [7, 11) is 0. The van der Waals surface area contributed by atoms with Crippen molar-refractivity contribution in [2.24, 2.45) is 5.73 Å². The molecular formula is C16H13N5O3. The van der Waals surface area contributed by atoms with Gasteiger partial charge in [-0.25, -0.2) is 9.48 Å². The van der Waals surface area contributed by atoms with Crippen molar-refractivity contribution in [1.82, 2.24) is 20.2 Å². The summed E-state index contributed by atoms with van der Waals surface area (Å²) in [5, 5.41) is 10.8. The molecule has 0 saturated heterocycles. The van der Waals surface area contributed by atoms with Crippen LogP contribution in [0, 0.1) is 0 Å². The van der Waals surface area contributed by atoms with E-state index >= 15 is 0 Å². The minimum atomic E-state index is -1.14. The number of hydrogen-bond acceptors (Lipinski definition) is 6. The number of carbonyl (C=O) groups excluding carboxylic acids is 2. The average molecular weight is 323 g/mol. The van der Waals surface area contributed by atoms with Gasteiger partial charge in [0.15, 0.2) is 0 Å². The third-order valence-electron chi connectivity index (χ3n) is 3.30. The Morgan fingerprint density at radius 1 is 1.04 bits per heavy atom.